The number of hydrogen-bond donors (Lipinski definition) is 3. The zero-order valence-corrected chi connectivity index (χ0v) is 27.9. The molecule has 5 amide bonds. The normalized spacial score (nSPS) is 12.3. The zero-order chi connectivity index (χ0) is 33.9. The van der Waals surface area contributed by atoms with Crippen molar-refractivity contribution in [2.24, 2.45) is 0 Å². The van der Waals surface area contributed by atoms with E-state index in [4.69, 9.17) is 4.74 Å². The number of ether oxygens (including phenoxy) is 1. The van der Waals surface area contributed by atoms with E-state index in [-0.39, 0.29) is 13.0 Å². The number of fused-ring (bicyclic) bond motifs is 1. The van der Waals surface area contributed by atoms with Crippen molar-refractivity contribution in [3.05, 3.63) is 96.1 Å². The molecule has 3 aromatic rings. The first kappa shape index (κ1) is 35.6. The van der Waals surface area contributed by atoms with Crippen molar-refractivity contribution in [2.45, 2.75) is 78.1 Å². The van der Waals surface area contributed by atoms with Crippen molar-refractivity contribution in [1.29, 1.82) is 0 Å². The van der Waals surface area contributed by atoms with Crippen LogP contribution in [0.1, 0.15) is 59.1 Å². The van der Waals surface area contributed by atoms with Crippen LogP contribution >= 0.6 is 0 Å². The molecule has 3 N–H and O–H groups in total. The maximum Gasteiger partial charge on any atom is 0.408 e. The fraction of sp³-hybridized carbons (Fsp3) is 0.389. The number of rotatable bonds is 11. The van der Waals surface area contributed by atoms with Gasteiger partial charge in [0, 0.05) is 25.6 Å². The molecule has 46 heavy (non-hydrogen) atoms. The number of urea groups is 1. The lowest BCUT2D eigenvalue weighted by Gasteiger charge is -2.30. The first-order valence-corrected chi connectivity index (χ1v) is 15.5. The summed E-state index contributed by atoms with van der Waals surface area (Å²) in [4.78, 5) is 54.0. The van der Waals surface area contributed by atoms with Gasteiger partial charge in [0.25, 0.3) is 5.91 Å². The summed E-state index contributed by atoms with van der Waals surface area (Å²) in [6.45, 7) is 11.3. The number of carbonyl (C=O) groups excluding carboxylic acids is 4. The molecule has 3 aromatic carbocycles. The van der Waals surface area contributed by atoms with Gasteiger partial charge in [-0.3, -0.25) is 15.0 Å². The highest BCUT2D eigenvalue weighted by atomic mass is 16.6. The van der Waals surface area contributed by atoms with Crippen LogP contribution in [-0.2, 0) is 27.3 Å². The summed E-state index contributed by atoms with van der Waals surface area (Å²) in [5.74, 6) is -0.909. The number of alkyl carbamates (subject to hydrolysis) is 1. The smallest absolute Gasteiger partial charge is 0.408 e. The first-order chi connectivity index (χ1) is 21.7. The largest absolute Gasteiger partial charge is 0.444 e. The Morgan fingerprint density at radius 3 is 2.17 bits per heavy atom. The molecule has 0 spiro atoms. The molecule has 0 aliphatic carbocycles. The lowest BCUT2D eigenvalue weighted by atomic mass is 9.99. The van der Waals surface area contributed by atoms with E-state index in [1.807, 2.05) is 86.6 Å². The number of nitrogens with one attached hydrogen (secondary N) is 3. The summed E-state index contributed by atoms with van der Waals surface area (Å²) in [6, 6.07) is 21.8. The molecule has 10 nitrogen and oxygen atoms in total. The lowest BCUT2D eigenvalue weighted by Crippen LogP contribution is -2.56. The standard InChI is InChI=1S/C36H47N5O5/c1-8-37-33(44)41(25-26-15-10-9-11-16-26)39-32(43)30(24-27-20-21-28-17-12-13-18-29(28)23-27)40(7)31(42)19-14-22-36(5,6)38-34(45)46-35(2,3)4/h9-21,23,30H,8,22,24-25H2,1-7H3,(H,37,44)(H,38,45)(H,39,43)/t30-/m1/s1. The van der Waals surface area contributed by atoms with Crippen LogP contribution in [0.5, 0.6) is 0 Å². The molecular formula is C36H47N5O5. The average Bonchev–Trinajstić information content (AvgIpc) is 2.98. The maximum atomic E-state index is 13.9. The molecule has 0 aliphatic rings. The van der Waals surface area contributed by atoms with Crippen LogP contribution < -0.4 is 16.1 Å². The summed E-state index contributed by atoms with van der Waals surface area (Å²) in [6.07, 6.45) is 3.07. The van der Waals surface area contributed by atoms with Crippen LogP contribution in [0.25, 0.3) is 10.8 Å². The molecule has 1 atom stereocenters. The summed E-state index contributed by atoms with van der Waals surface area (Å²) in [5, 5.41) is 8.87. The van der Waals surface area contributed by atoms with Gasteiger partial charge in [0.05, 0.1) is 6.54 Å². The first-order valence-electron chi connectivity index (χ1n) is 15.5. The van der Waals surface area contributed by atoms with E-state index in [9.17, 15) is 19.2 Å². The van der Waals surface area contributed by atoms with Crippen LogP contribution in [-0.4, -0.2) is 64.6 Å². The third kappa shape index (κ3) is 11.3. The highest BCUT2D eigenvalue weighted by molar-refractivity contribution is 5.93. The van der Waals surface area contributed by atoms with E-state index in [0.717, 1.165) is 21.9 Å². The quantitative estimate of drug-likeness (QED) is 0.185. The van der Waals surface area contributed by atoms with Crippen LogP contribution in [0.4, 0.5) is 9.59 Å². The van der Waals surface area contributed by atoms with Gasteiger partial charge in [-0.2, -0.15) is 0 Å². The monoisotopic (exact) mass is 629 g/mol. The maximum absolute atomic E-state index is 13.9. The van der Waals surface area contributed by atoms with Gasteiger partial charge in [0.1, 0.15) is 11.6 Å². The predicted molar refractivity (Wildman–Crippen MR) is 181 cm³/mol. The average molecular weight is 630 g/mol. The Labute approximate surface area is 272 Å². The minimum absolute atomic E-state index is 0.137. The van der Waals surface area contributed by atoms with Crippen molar-refractivity contribution in [3.8, 4) is 0 Å². The fourth-order valence-electron chi connectivity index (χ4n) is 4.73. The highest BCUT2D eigenvalue weighted by Gasteiger charge is 2.30. The van der Waals surface area contributed by atoms with Crippen LogP contribution in [0.15, 0.2) is 84.9 Å². The Balaban J connectivity index is 1.83. The van der Waals surface area contributed by atoms with E-state index in [1.165, 1.54) is 16.0 Å². The summed E-state index contributed by atoms with van der Waals surface area (Å²) < 4.78 is 5.36. The summed E-state index contributed by atoms with van der Waals surface area (Å²) >= 11 is 0. The van der Waals surface area contributed by atoms with E-state index in [1.54, 1.807) is 40.8 Å². The molecule has 0 unspecified atom stereocenters. The molecule has 0 heterocycles. The number of nitrogens with zero attached hydrogens (tertiary/aromatic N) is 2. The third-order valence-corrected chi connectivity index (χ3v) is 7.09. The van der Waals surface area contributed by atoms with Crippen LogP contribution in [0.3, 0.4) is 0 Å². The van der Waals surface area contributed by atoms with Gasteiger partial charge >= 0.3 is 12.1 Å². The van der Waals surface area contributed by atoms with Crippen molar-refractivity contribution in [1.82, 2.24) is 26.0 Å². The van der Waals surface area contributed by atoms with Gasteiger partial charge in [-0.1, -0.05) is 78.9 Å². The van der Waals surface area contributed by atoms with Crippen molar-refractivity contribution in [2.75, 3.05) is 13.6 Å². The molecular weight excluding hydrogens is 582 g/mol. The van der Waals surface area contributed by atoms with Gasteiger partial charge < -0.3 is 20.3 Å². The Morgan fingerprint density at radius 1 is 0.870 bits per heavy atom. The lowest BCUT2D eigenvalue weighted by molar-refractivity contribution is -0.138. The Hall–Kier alpha value is -4.86. The van der Waals surface area contributed by atoms with Crippen molar-refractivity contribution in [3.63, 3.8) is 0 Å². The van der Waals surface area contributed by atoms with Gasteiger partial charge in [-0.25, -0.2) is 14.6 Å². The minimum Gasteiger partial charge on any atom is -0.444 e. The highest BCUT2D eigenvalue weighted by Crippen LogP contribution is 2.19. The Kier molecular flexibility index (Phi) is 12.3. The Morgan fingerprint density at radius 2 is 1.52 bits per heavy atom. The topological polar surface area (TPSA) is 120 Å². The van der Waals surface area contributed by atoms with E-state index < -0.39 is 41.1 Å². The third-order valence-electron chi connectivity index (χ3n) is 7.09. The zero-order valence-electron chi connectivity index (χ0n) is 27.9. The van der Waals surface area contributed by atoms with Gasteiger partial charge in [0.2, 0.25) is 5.91 Å². The molecule has 0 bridgehead atoms. The number of benzene rings is 3. The number of hydrazine groups is 1. The van der Waals surface area contributed by atoms with E-state index in [2.05, 4.69) is 16.1 Å². The summed E-state index contributed by atoms with van der Waals surface area (Å²) in [7, 11) is 1.57. The summed E-state index contributed by atoms with van der Waals surface area (Å²) in [5.41, 5.74) is 3.13. The van der Waals surface area contributed by atoms with Crippen molar-refractivity contribution >= 4 is 34.7 Å². The minimum atomic E-state index is -0.945. The van der Waals surface area contributed by atoms with Gasteiger partial charge in [-0.05, 0) is 75.9 Å². The molecule has 0 aliphatic heterocycles. The second kappa shape index (κ2) is 15.9. The number of carbonyl (C=O) groups is 4. The number of likely N-dealkylation sites (N-methyl/N-ethyl adjacent to an activating group) is 1. The molecule has 0 aromatic heterocycles. The van der Waals surface area contributed by atoms with Gasteiger partial charge in [-0.15, -0.1) is 0 Å². The Bertz CT molecular complexity index is 1530. The molecule has 10 heteroatoms. The van der Waals surface area contributed by atoms with Gasteiger partial charge in [0.15, 0.2) is 0 Å². The molecule has 0 saturated carbocycles. The fourth-order valence-corrected chi connectivity index (χ4v) is 4.73. The van der Waals surface area contributed by atoms with E-state index >= 15 is 0 Å². The van der Waals surface area contributed by atoms with E-state index in [0.29, 0.717) is 13.0 Å². The molecule has 0 radical (unpaired) electrons. The van der Waals surface area contributed by atoms with Crippen LogP contribution in [0, 0.1) is 0 Å². The molecule has 0 saturated heterocycles. The second-order valence-electron chi connectivity index (χ2n) is 12.9. The number of hydrogen-bond acceptors (Lipinski definition) is 5. The molecule has 0 fully saturated rings. The predicted octanol–water partition coefficient (Wildman–Crippen LogP) is 5.72. The second-order valence-corrected chi connectivity index (χ2v) is 12.9. The van der Waals surface area contributed by atoms with Crippen LogP contribution in [0.2, 0.25) is 0 Å². The molecule has 3 rings (SSSR count). The number of amides is 5. The van der Waals surface area contributed by atoms with Crippen molar-refractivity contribution < 1.29 is 23.9 Å². The molecule has 246 valence electrons. The SMILES string of the molecule is CCNC(=O)N(Cc1ccccc1)NC(=O)[C@@H](Cc1ccc2ccccc2c1)N(C)C(=O)C=CCC(C)(C)NC(=O)OC(C)(C)C.